The average molecular weight is 2350 g/mol. The second-order valence-corrected chi connectivity index (χ2v) is 47.9. The second-order valence-electron chi connectivity index (χ2n) is 37.1. The average Bonchev–Trinajstić information content (AvgIpc) is 1.78. The third kappa shape index (κ3) is 30.7. The van der Waals surface area contributed by atoms with Gasteiger partial charge in [0.2, 0.25) is 5.75 Å². The summed E-state index contributed by atoms with van der Waals surface area (Å²) in [4.78, 5) is 80.2. The molecule has 5 saturated heterocycles. The fourth-order valence-corrected chi connectivity index (χ4v) is 23.3. The molecule has 35 nitrogen and oxygen atoms in total. The number of hydrogen-bond donors (Lipinski definition) is 0. The summed E-state index contributed by atoms with van der Waals surface area (Å²) in [7, 11) is -12.8. The monoisotopic (exact) mass is 2340 g/mol. The number of carbonyl (C=O) groups excluding carboxylic acids is 5. The maximum absolute atomic E-state index is 12.8. The molecule has 15 rings (SSSR count). The van der Waals surface area contributed by atoms with Crippen molar-refractivity contribution in [3.05, 3.63) is 235 Å². The lowest BCUT2D eigenvalue weighted by Crippen LogP contribution is -2.34. The first-order chi connectivity index (χ1) is 69.8. The summed E-state index contributed by atoms with van der Waals surface area (Å²) in [5, 5.41) is 0.402. The fourth-order valence-electron chi connectivity index (χ4n) is 16.4. The van der Waals surface area contributed by atoms with E-state index in [2.05, 4.69) is 117 Å². The lowest BCUT2D eigenvalue weighted by Gasteiger charge is -2.20. The van der Waals surface area contributed by atoms with Crippen molar-refractivity contribution in [1.29, 1.82) is 0 Å². The van der Waals surface area contributed by atoms with Crippen LogP contribution in [0.25, 0.3) is 0 Å². The van der Waals surface area contributed by atoms with Gasteiger partial charge in [0.25, 0.3) is 0 Å². The first kappa shape index (κ1) is 116. The molecule has 10 aromatic carbocycles. The van der Waals surface area contributed by atoms with Crippen LogP contribution in [0.15, 0.2) is 238 Å². The molecular formula is C104H124Br3ClN10O25S5. The third-order valence-corrected chi connectivity index (χ3v) is 31.2. The van der Waals surface area contributed by atoms with E-state index in [1.54, 1.807) is 137 Å². The molecule has 0 spiro atoms. The summed E-state index contributed by atoms with van der Waals surface area (Å²) in [6.45, 7) is 36.0. The maximum Gasteiger partial charge on any atom is 0.339 e. The molecule has 5 heterocycles. The van der Waals surface area contributed by atoms with E-state index in [1.165, 1.54) is 133 Å². The number of urea groups is 5. The molecule has 148 heavy (non-hydrogen) atoms. The minimum absolute atomic E-state index is 0.00000425. The highest BCUT2D eigenvalue weighted by atomic mass is 79.9. The zero-order chi connectivity index (χ0) is 108. The van der Waals surface area contributed by atoms with Crippen LogP contribution in [0.2, 0.25) is 5.02 Å². The molecule has 0 atom stereocenters. The number of rotatable bonds is 36. The molecule has 0 saturated carbocycles. The van der Waals surface area contributed by atoms with Gasteiger partial charge in [-0.2, -0.15) is 42.1 Å². The van der Waals surface area contributed by atoms with Gasteiger partial charge in [0.15, 0.2) is 17.2 Å². The fraction of sp³-hybridized carbons (Fsp3) is 0.375. The van der Waals surface area contributed by atoms with Crippen molar-refractivity contribution in [2.24, 2.45) is 29.6 Å². The summed E-state index contributed by atoms with van der Waals surface area (Å²) in [5.74, 6) is 4.64. The van der Waals surface area contributed by atoms with E-state index in [9.17, 15) is 66.1 Å². The van der Waals surface area contributed by atoms with Gasteiger partial charge in [-0.05, 0) is 274 Å². The van der Waals surface area contributed by atoms with Crippen LogP contribution in [-0.2, 0) is 57.0 Å². The quantitative estimate of drug-likeness (QED) is 0.0329. The van der Waals surface area contributed by atoms with Crippen molar-refractivity contribution < 1.29 is 111 Å². The number of ether oxygens (including phenoxy) is 5. The Hall–Kier alpha value is -12.0. The molecule has 0 N–H and O–H groups in total. The Balaban J connectivity index is 0.000000176. The van der Waals surface area contributed by atoms with E-state index in [0.717, 1.165) is 27.6 Å². The number of halogens is 4. The van der Waals surface area contributed by atoms with Crippen LogP contribution >= 0.6 is 59.4 Å². The molecule has 5 aliphatic heterocycles. The minimum Gasteiger partial charge on any atom is -0.497 e. The number of hydrogen-bond acceptors (Lipinski definition) is 25. The summed E-state index contributed by atoms with van der Waals surface area (Å²) in [5.41, 5.74) is 5.88. The Kier molecular flexibility index (Phi) is 40.1. The van der Waals surface area contributed by atoms with Gasteiger partial charge in [-0.3, -0.25) is 24.5 Å². The Morgan fingerprint density at radius 3 is 0.764 bits per heavy atom. The van der Waals surface area contributed by atoms with Gasteiger partial charge < -0.3 is 69.1 Å². The van der Waals surface area contributed by atoms with Crippen molar-refractivity contribution in [2.45, 2.75) is 121 Å². The summed E-state index contributed by atoms with van der Waals surface area (Å²) in [6.07, 6.45) is 0.722. The highest BCUT2D eigenvalue weighted by Gasteiger charge is 2.37. The summed E-state index contributed by atoms with van der Waals surface area (Å²) >= 11 is 15.9. The predicted octanol–water partition coefficient (Wildman–Crippen LogP) is 20.9. The SMILES string of the molecule is CCc1cc(OC)cc(OS(=O)(=O)c2ccc(N3CCN(CC(C)C)C3=O)cc2)c1.COc1c(Br)cc(OS(=O)(=O)c2ccc(N3CCN(CC(C)C)C3=O)cc2)cc1Br.COc1cc(OS(=O)(=O)c2ccc(N3CCN(CC(C)C)C3=O)cc2)cc(OC)c1OC.Cc1cc(Br)cc(OS(=O)(=O)c2ccc(N3CCN(CC(C)C)C3=O)cc2)c1.Cc1cc(Cl)cc(OS(=O)(=O)c2ccc(N3CCN(CC(C)C)C3=O)cc2)c1. The van der Waals surface area contributed by atoms with Crippen molar-refractivity contribution in [3.63, 3.8) is 0 Å². The van der Waals surface area contributed by atoms with Crippen LogP contribution in [0.4, 0.5) is 52.4 Å². The molecule has 10 amide bonds. The number of anilines is 5. The molecule has 0 unspecified atom stereocenters. The lowest BCUT2D eigenvalue weighted by molar-refractivity contribution is 0.214. The summed E-state index contributed by atoms with van der Waals surface area (Å²) < 4.78 is 181. The number of aryl methyl sites for hydroxylation is 3. The Bertz CT molecular complexity index is 6720. The smallest absolute Gasteiger partial charge is 0.339 e. The Labute approximate surface area is 898 Å². The molecule has 0 aliphatic carbocycles. The lowest BCUT2D eigenvalue weighted by atomic mass is 10.1. The number of benzene rings is 10. The highest BCUT2D eigenvalue weighted by molar-refractivity contribution is 9.11. The number of carbonyl (C=O) groups is 5. The second kappa shape index (κ2) is 51.0. The maximum atomic E-state index is 12.8. The number of methoxy groups -OCH3 is 5. The van der Waals surface area contributed by atoms with Crippen LogP contribution in [0.5, 0.6) is 57.5 Å². The Morgan fingerprint density at radius 1 is 0.284 bits per heavy atom. The Morgan fingerprint density at radius 2 is 0.527 bits per heavy atom. The minimum atomic E-state index is -4.13. The van der Waals surface area contributed by atoms with E-state index in [1.807, 2.05) is 35.8 Å². The molecular weight excluding hydrogens is 2220 g/mol. The molecule has 44 heteroatoms. The standard InChI is InChI=1S/C22H28N2O7S.C22H28N2O5S.C20H22Br2N2O5S.C20H23BrN2O4S.C20H23ClN2O4S/c1-15(2)14-23-10-11-24(22(23)25)16-6-8-18(9-7-16)32(26,27)31-17-12-19(28-3)21(30-5)20(13-17)29-4;1-5-17-12-19(28-4)14-20(13-17)29-30(26,27)21-8-6-18(7-9-21)24-11-10-23(22(24)25)15-16(2)3;1-13(2)12-23-8-9-24(20(23)25)14-4-6-16(7-5-14)30(26,27)29-15-10-17(21)19(28-3)18(22)11-15;2*1-14(2)13-22-8-9-23(20(22)24)17-4-6-19(7-5-17)28(25,26)27-18-11-15(3)10-16(21)12-18/h6-9,12-13,15H,10-11,14H2,1-5H3;6-9,12-14,16H,5,10-11,15H2,1-4H3;4-7,10-11,13H,8-9,12H2,1-3H3;2*4-7,10-12,14H,8-9,13H2,1-3H3. The van der Waals surface area contributed by atoms with Gasteiger partial charge in [-0.1, -0.05) is 104 Å². The van der Waals surface area contributed by atoms with Crippen LogP contribution in [0, 0.1) is 43.4 Å². The third-order valence-electron chi connectivity index (χ3n) is 23.0. The molecule has 0 radical (unpaired) electrons. The van der Waals surface area contributed by atoms with Crippen molar-refractivity contribution in [1.82, 2.24) is 24.5 Å². The molecule has 5 aliphatic rings. The van der Waals surface area contributed by atoms with Crippen molar-refractivity contribution >= 4 is 169 Å². The first-order valence-electron chi connectivity index (χ1n) is 47.5. The molecule has 0 aromatic heterocycles. The largest absolute Gasteiger partial charge is 0.497 e. The normalized spacial score (nSPS) is 14.5. The van der Waals surface area contributed by atoms with Gasteiger partial charge in [0, 0.05) is 160 Å². The van der Waals surface area contributed by atoms with E-state index in [0.29, 0.717) is 187 Å². The van der Waals surface area contributed by atoms with Crippen LogP contribution in [-0.4, -0.2) is 230 Å². The van der Waals surface area contributed by atoms with Crippen molar-refractivity contribution in [3.8, 4) is 57.5 Å². The van der Waals surface area contributed by atoms with E-state index in [-0.39, 0.29) is 94.9 Å². The summed E-state index contributed by atoms with van der Waals surface area (Å²) in [6, 6.07) is 51.2. The van der Waals surface area contributed by atoms with E-state index < -0.39 is 50.6 Å². The van der Waals surface area contributed by atoms with Crippen LogP contribution in [0.3, 0.4) is 0 Å². The van der Waals surface area contributed by atoms with E-state index in [4.69, 9.17) is 56.2 Å². The molecule has 0 bridgehead atoms. The van der Waals surface area contributed by atoms with Gasteiger partial charge in [0.05, 0.1) is 44.5 Å². The van der Waals surface area contributed by atoms with Crippen LogP contribution < -0.4 is 69.1 Å². The zero-order valence-corrected chi connectivity index (χ0v) is 95.1. The van der Waals surface area contributed by atoms with Gasteiger partial charge in [-0.25, -0.2) is 24.0 Å². The zero-order valence-electron chi connectivity index (χ0n) is 85.5. The predicted molar refractivity (Wildman–Crippen MR) is 579 cm³/mol. The van der Waals surface area contributed by atoms with E-state index >= 15 is 0 Å². The molecule has 798 valence electrons. The number of nitrogens with zero attached hydrogens (tertiary/aromatic N) is 10. The molecule has 10 aromatic rings. The highest BCUT2D eigenvalue weighted by Crippen LogP contribution is 2.44. The van der Waals surface area contributed by atoms with Crippen LogP contribution in [0.1, 0.15) is 92.9 Å². The number of amides is 10. The van der Waals surface area contributed by atoms with Gasteiger partial charge in [-0.15, -0.1) is 0 Å². The van der Waals surface area contributed by atoms with Crippen molar-refractivity contribution in [2.75, 3.05) is 158 Å². The van der Waals surface area contributed by atoms with Gasteiger partial charge in [0.1, 0.15) is 59.0 Å². The molecule has 5 fully saturated rings. The first-order valence-corrected chi connectivity index (χ1v) is 57.3. The topological polar surface area (TPSA) is 381 Å². The van der Waals surface area contributed by atoms with Gasteiger partial charge >= 0.3 is 80.7 Å².